The second-order valence-corrected chi connectivity index (χ2v) is 6.93. The number of carbonyl (C=O) groups is 2. The summed E-state index contributed by atoms with van der Waals surface area (Å²) in [4.78, 5) is 40.8. The van der Waals surface area contributed by atoms with Crippen molar-refractivity contribution in [2.45, 2.75) is 0 Å². The van der Waals surface area contributed by atoms with Gasteiger partial charge in [-0.2, -0.15) is 5.10 Å². The van der Waals surface area contributed by atoms with Gasteiger partial charge in [-0.3, -0.25) is 19.3 Å². The molecule has 8 heteroatoms. The minimum absolute atomic E-state index is 0.0794. The van der Waals surface area contributed by atoms with Crippen molar-refractivity contribution in [1.29, 1.82) is 0 Å². The fourth-order valence-electron chi connectivity index (χ4n) is 3.46. The molecule has 2 amide bonds. The molecule has 0 aliphatic carbocycles. The molecule has 29 heavy (non-hydrogen) atoms. The molecule has 1 aliphatic heterocycles. The maximum Gasteiger partial charge on any atom is 0.275 e. The standard InChI is InChI=1S/C21H21N5O3/c27-18(22-15-6-2-1-3-7-15)14-25-10-12-26(13-11-25)21(29)19-16-8-4-5-9-17(16)20(28)24-23-19/h1-9H,10-14H2,(H,22,27)(H,24,28). The lowest BCUT2D eigenvalue weighted by Gasteiger charge is -2.34. The number of piperazine rings is 1. The summed E-state index contributed by atoms with van der Waals surface area (Å²) in [6, 6.07) is 16.3. The molecule has 0 bridgehead atoms. The van der Waals surface area contributed by atoms with Gasteiger partial charge in [0.25, 0.3) is 11.5 Å². The van der Waals surface area contributed by atoms with Crippen LogP contribution in [0.3, 0.4) is 0 Å². The lowest BCUT2D eigenvalue weighted by Crippen LogP contribution is -2.50. The van der Waals surface area contributed by atoms with E-state index < -0.39 is 0 Å². The number of H-pyrrole nitrogens is 1. The molecule has 8 nitrogen and oxygen atoms in total. The fraction of sp³-hybridized carbons (Fsp3) is 0.238. The van der Waals surface area contributed by atoms with E-state index >= 15 is 0 Å². The fourth-order valence-corrected chi connectivity index (χ4v) is 3.46. The van der Waals surface area contributed by atoms with Gasteiger partial charge in [0.2, 0.25) is 5.91 Å². The van der Waals surface area contributed by atoms with Gasteiger partial charge >= 0.3 is 0 Å². The highest BCUT2D eigenvalue weighted by molar-refractivity contribution is 6.04. The Labute approximate surface area is 167 Å². The highest BCUT2D eigenvalue weighted by Crippen LogP contribution is 2.15. The minimum atomic E-state index is -0.314. The smallest absolute Gasteiger partial charge is 0.275 e. The molecule has 0 saturated carbocycles. The van der Waals surface area contributed by atoms with Crippen LogP contribution < -0.4 is 10.9 Å². The van der Waals surface area contributed by atoms with Gasteiger partial charge in [0.15, 0.2) is 5.69 Å². The summed E-state index contributed by atoms with van der Waals surface area (Å²) in [6.07, 6.45) is 0. The molecule has 2 aromatic carbocycles. The van der Waals surface area contributed by atoms with E-state index in [1.54, 1.807) is 29.2 Å². The van der Waals surface area contributed by atoms with E-state index in [1.807, 2.05) is 35.2 Å². The molecule has 0 radical (unpaired) electrons. The average Bonchev–Trinajstić information content (AvgIpc) is 2.75. The SMILES string of the molecule is O=C(CN1CCN(C(=O)c2n[nH]c(=O)c3ccccc23)CC1)Nc1ccccc1. The molecule has 1 saturated heterocycles. The van der Waals surface area contributed by atoms with Crippen molar-refractivity contribution in [3.8, 4) is 0 Å². The Hall–Kier alpha value is -3.52. The van der Waals surface area contributed by atoms with Crippen molar-refractivity contribution >= 4 is 28.3 Å². The first-order valence-electron chi connectivity index (χ1n) is 9.46. The van der Waals surface area contributed by atoms with Gasteiger partial charge in [-0.1, -0.05) is 36.4 Å². The van der Waals surface area contributed by atoms with Crippen LogP contribution in [0.25, 0.3) is 10.8 Å². The molecule has 1 fully saturated rings. The molecule has 2 heterocycles. The van der Waals surface area contributed by atoms with Crippen LogP contribution in [0.15, 0.2) is 59.4 Å². The monoisotopic (exact) mass is 391 g/mol. The Morgan fingerprint density at radius 2 is 1.59 bits per heavy atom. The zero-order valence-electron chi connectivity index (χ0n) is 15.8. The molecule has 1 aliphatic rings. The molecule has 2 N–H and O–H groups in total. The maximum atomic E-state index is 12.9. The van der Waals surface area contributed by atoms with Crippen molar-refractivity contribution in [2.75, 3.05) is 38.0 Å². The molecular weight excluding hydrogens is 370 g/mol. The van der Waals surface area contributed by atoms with Crippen LogP contribution in [0.4, 0.5) is 5.69 Å². The number of amides is 2. The third kappa shape index (κ3) is 4.17. The molecule has 0 spiro atoms. The van der Waals surface area contributed by atoms with Crippen LogP contribution in [-0.4, -0.2) is 64.5 Å². The second kappa shape index (κ2) is 8.24. The number of nitrogens with one attached hydrogen (secondary N) is 2. The zero-order valence-corrected chi connectivity index (χ0v) is 15.8. The molecule has 0 atom stereocenters. The molecule has 1 aromatic heterocycles. The zero-order chi connectivity index (χ0) is 20.2. The minimum Gasteiger partial charge on any atom is -0.335 e. The van der Waals surface area contributed by atoms with Crippen molar-refractivity contribution < 1.29 is 9.59 Å². The van der Waals surface area contributed by atoms with Gasteiger partial charge in [-0.05, 0) is 18.2 Å². The summed E-state index contributed by atoms with van der Waals surface area (Å²) in [5.74, 6) is -0.296. The van der Waals surface area contributed by atoms with Crippen molar-refractivity contribution in [1.82, 2.24) is 20.0 Å². The van der Waals surface area contributed by atoms with E-state index in [0.29, 0.717) is 37.0 Å². The Balaban J connectivity index is 1.37. The Morgan fingerprint density at radius 1 is 0.931 bits per heavy atom. The first kappa shape index (κ1) is 18.8. The van der Waals surface area contributed by atoms with Crippen LogP contribution in [0.1, 0.15) is 10.5 Å². The third-order valence-corrected chi connectivity index (χ3v) is 4.98. The number of para-hydroxylation sites is 1. The highest BCUT2D eigenvalue weighted by atomic mass is 16.2. The van der Waals surface area contributed by atoms with Gasteiger partial charge in [0.05, 0.1) is 11.9 Å². The molecule has 3 aromatic rings. The van der Waals surface area contributed by atoms with Gasteiger partial charge in [-0.15, -0.1) is 0 Å². The van der Waals surface area contributed by atoms with Gasteiger partial charge < -0.3 is 10.2 Å². The predicted molar refractivity (Wildman–Crippen MR) is 110 cm³/mol. The number of anilines is 1. The van der Waals surface area contributed by atoms with Gasteiger partial charge in [0.1, 0.15) is 0 Å². The topological polar surface area (TPSA) is 98.4 Å². The summed E-state index contributed by atoms with van der Waals surface area (Å²) in [7, 11) is 0. The van der Waals surface area contributed by atoms with E-state index in [2.05, 4.69) is 15.5 Å². The summed E-state index contributed by atoms with van der Waals surface area (Å²) < 4.78 is 0. The van der Waals surface area contributed by atoms with E-state index in [0.717, 1.165) is 5.69 Å². The number of aromatic nitrogens is 2. The van der Waals surface area contributed by atoms with E-state index in [4.69, 9.17) is 0 Å². The normalized spacial score (nSPS) is 14.7. The number of hydrogen-bond acceptors (Lipinski definition) is 5. The molecule has 4 rings (SSSR count). The Kier molecular flexibility index (Phi) is 5.35. The van der Waals surface area contributed by atoms with Crippen LogP contribution in [0.5, 0.6) is 0 Å². The summed E-state index contributed by atoms with van der Waals surface area (Å²) >= 11 is 0. The lowest BCUT2D eigenvalue weighted by atomic mass is 10.1. The number of aromatic amines is 1. The lowest BCUT2D eigenvalue weighted by molar-refractivity contribution is -0.117. The van der Waals surface area contributed by atoms with Gasteiger partial charge in [-0.25, -0.2) is 5.10 Å². The van der Waals surface area contributed by atoms with Crippen molar-refractivity contribution in [3.63, 3.8) is 0 Å². The molecular formula is C21H21N5O3. The van der Waals surface area contributed by atoms with Crippen molar-refractivity contribution in [3.05, 3.63) is 70.6 Å². The van der Waals surface area contributed by atoms with Crippen LogP contribution in [0.2, 0.25) is 0 Å². The van der Waals surface area contributed by atoms with E-state index in [9.17, 15) is 14.4 Å². The second-order valence-electron chi connectivity index (χ2n) is 6.93. The summed E-state index contributed by atoms with van der Waals surface area (Å²) in [5, 5.41) is 10.3. The van der Waals surface area contributed by atoms with E-state index in [1.165, 1.54) is 0 Å². The first-order valence-corrected chi connectivity index (χ1v) is 9.46. The number of benzene rings is 2. The number of fused-ring (bicyclic) bond motifs is 1. The third-order valence-electron chi connectivity index (χ3n) is 4.98. The van der Waals surface area contributed by atoms with Crippen molar-refractivity contribution in [2.24, 2.45) is 0 Å². The number of carbonyl (C=O) groups excluding carboxylic acids is 2. The summed E-state index contributed by atoms with van der Waals surface area (Å²) in [5.41, 5.74) is 0.698. The molecule has 0 unspecified atom stereocenters. The Bertz CT molecular complexity index is 1090. The maximum absolute atomic E-state index is 12.9. The number of nitrogens with zero attached hydrogens (tertiary/aromatic N) is 3. The Morgan fingerprint density at radius 3 is 2.31 bits per heavy atom. The average molecular weight is 391 g/mol. The quantitative estimate of drug-likeness (QED) is 0.699. The molecule has 148 valence electrons. The van der Waals surface area contributed by atoms with Crippen LogP contribution >= 0.6 is 0 Å². The number of rotatable bonds is 4. The summed E-state index contributed by atoms with van der Waals surface area (Å²) in [6.45, 7) is 2.44. The predicted octanol–water partition coefficient (Wildman–Crippen LogP) is 1.32. The first-order chi connectivity index (χ1) is 14.1. The van der Waals surface area contributed by atoms with Crippen LogP contribution in [-0.2, 0) is 4.79 Å². The van der Waals surface area contributed by atoms with Crippen LogP contribution in [0, 0.1) is 0 Å². The largest absolute Gasteiger partial charge is 0.335 e. The van der Waals surface area contributed by atoms with Gasteiger partial charge in [0, 0.05) is 37.3 Å². The van der Waals surface area contributed by atoms with E-state index in [-0.39, 0.29) is 29.6 Å². The highest BCUT2D eigenvalue weighted by Gasteiger charge is 2.25. The number of hydrogen-bond donors (Lipinski definition) is 2.